The standard InChI is InChI=1S/C16H17N3O2/c20-10-2-4-15-18-14-3-1-9-17-16(14)19(15)11-12-5-7-13(21)8-6-12/h1,3,5-9,20-21H,2,4,10-11H2. The van der Waals surface area contributed by atoms with Crippen LogP contribution in [0, 0.1) is 0 Å². The van der Waals surface area contributed by atoms with Gasteiger partial charge >= 0.3 is 0 Å². The molecular weight excluding hydrogens is 266 g/mol. The van der Waals surface area contributed by atoms with Gasteiger partial charge in [0.1, 0.15) is 17.1 Å². The van der Waals surface area contributed by atoms with Crippen LogP contribution < -0.4 is 0 Å². The number of aromatic hydroxyl groups is 1. The van der Waals surface area contributed by atoms with Gasteiger partial charge in [-0.15, -0.1) is 0 Å². The van der Waals surface area contributed by atoms with Gasteiger partial charge in [0, 0.05) is 19.2 Å². The summed E-state index contributed by atoms with van der Waals surface area (Å²) in [7, 11) is 0. The van der Waals surface area contributed by atoms with E-state index in [1.165, 1.54) is 0 Å². The summed E-state index contributed by atoms with van der Waals surface area (Å²) >= 11 is 0. The van der Waals surface area contributed by atoms with Crippen LogP contribution in [0.5, 0.6) is 5.75 Å². The van der Waals surface area contributed by atoms with E-state index in [4.69, 9.17) is 5.11 Å². The first-order valence-corrected chi connectivity index (χ1v) is 6.97. The quantitative estimate of drug-likeness (QED) is 0.752. The number of aliphatic hydroxyl groups is 1. The van der Waals surface area contributed by atoms with Crippen LogP contribution in [0.4, 0.5) is 0 Å². The Labute approximate surface area is 122 Å². The molecule has 0 saturated heterocycles. The zero-order valence-corrected chi connectivity index (χ0v) is 11.6. The number of aryl methyl sites for hydroxylation is 1. The van der Waals surface area contributed by atoms with E-state index in [0.29, 0.717) is 19.4 Å². The Balaban J connectivity index is 1.99. The molecule has 0 aliphatic carbocycles. The minimum Gasteiger partial charge on any atom is -0.508 e. The van der Waals surface area contributed by atoms with Gasteiger partial charge in [-0.1, -0.05) is 12.1 Å². The number of rotatable bonds is 5. The number of nitrogens with zero attached hydrogens (tertiary/aromatic N) is 3. The zero-order chi connectivity index (χ0) is 14.7. The summed E-state index contributed by atoms with van der Waals surface area (Å²) in [6.45, 7) is 0.796. The molecule has 5 nitrogen and oxygen atoms in total. The zero-order valence-electron chi connectivity index (χ0n) is 11.6. The lowest BCUT2D eigenvalue weighted by Gasteiger charge is -2.08. The molecule has 1 aromatic carbocycles. The number of hydrogen-bond donors (Lipinski definition) is 2. The van der Waals surface area contributed by atoms with Crippen LogP contribution in [0.25, 0.3) is 11.2 Å². The van der Waals surface area contributed by atoms with Gasteiger partial charge in [-0.2, -0.15) is 0 Å². The van der Waals surface area contributed by atoms with Crippen LogP contribution in [0.2, 0.25) is 0 Å². The van der Waals surface area contributed by atoms with Gasteiger partial charge in [0.25, 0.3) is 0 Å². The molecule has 0 unspecified atom stereocenters. The topological polar surface area (TPSA) is 71.2 Å². The summed E-state index contributed by atoms with van der Waals surface area (Å²) in [6.07, 6.45) is 3.15. The Morgan fingerprint density at radius 3 is 2.67 bits per heavy atom. The highest BCUT2D eigenvalue weighted by atomic mass is 16.3. The Morgan fingerprint density at radius 2 is 1.90 bits per heavy atom. The number of phenolic OH excluding ortho intramolecular Hbond substituents is 1. The minimum atomic E-state index is 0.149. The minimum absolute atomic E-state index is 0.149. The van der Waals surface area contributed by atoms with Crippen LogP contribution in [-0.2, 0) is 13.0 Å². The van der Waals surface area contributed by atoms with E-state index in [9.17, 15) is 5.11 Å². The highest BCUT2D eigenvalue weighted by Gasteiger charge is 2.11. The van der Waals surface area contributed by atoms with Gasteiger partial charge in [-0.25, -0.2) is 9.97 Å². The third kappa shape index (κ3) is 2.87. The number of fused-ring (bicyclic) bond motifs is 1. The maximum atomic E-state index is 9.37. The Morgan fingerprint density at radius 1 is 1.10 bits per heavy atom. The normalized spacial score (nSPS) is 11.1. The molecule has 0 radical (unpaired) electrons. The Hall–Kier alpha value is -2.40. The SMILES string of the molecule is OCCCc1nc2cccnc2n1Cc1ccc(O)cc1. The van der Waals surface area contributed by atoms with E-state index in [-0.39, 0.29) is 12.4 Å². The van der Waals surface area contributed by atoms with Crippen molar-refractivity contribution in [2.75, 3.05) is 6.61 Å². The van der Waals surface area contributed by atoms with E-state index in [2.05, 4.69) is 14.5 Å². The van der Waals surface area contributed by atoms with Crippen LogP contribution in [0.15, 0.2) is 42.6 Å². The van der Waals surface area contributed by atoms with Crippen LogP contribution in [0.1, 0.15) is 17.8 Å². The van der Waals surface area contributed by atoms with Crippen molar-refractivity contribution in [1.82, 2.24) is 14.5 Å². The lowest BCUT2D eigenvalue weighted by molar-refractivity contribution is 0.287. The maximum absolute atomic E-state index is 9.37. The van der Waals surface area contributed by atoms with E-state index < -0.39 is 0 Å². The van der Waals surface area contributed by atoms with E-state index in [1.807, 2.05) is 24.3 Å². The van der Waals surface area contributed by atoms with Crippen LogP contribution >= 0.6 is 0 Å². The summed E-state index contributed by atoms with van der Waals surface area (Å²) in [5.74, 6) is 1.18. The molecule has 0 atom stereocenters. The number of hydrogen-bond acceptors (Lipinski definition) is 4. The fraction of sp³-hybridized carbons (Fsp3) is 0.250. The summed E-state index contributed by atoms with van der Waals surface area (Å²) < 4.78 is 2.07. The number of imidazole rings is 1. The summed E-state index contributed by atoms with van der Waals surface area (Å²) in [4.78, 5) is 9.02. The molecule has 2 aromatic heterocycles. The molecule has 5 heteroatoms. The predicted octanol–water partition coefficient (Wildman–Crippen LogP) is 2.11. The molecule has 0 bridgehead atoms. The van der Waals surface area contributed by atoms with E-state index >= 15 is 0 Å². The van der Waals surface area contributed by atoms with Crippen molar-refractivity contribution in [2.24, 2.45) is 0 Å². The molecule has 0 aliphatic heterocycles. The molecule has 0 aliphatic rings. The van der Waals surface area contributed by atoms with Gasteiger partial charge in [-0.3, -0.25) is 0 Å². The Bertz CT molecular complexity index is 735. The molecule has 0 saturated carbocycles. The molecule has 3 rings (SSSR count). The maximum Gasteiger partial charge on any atom is 0.160 e. The number of aliphatic hydroxyl groups excluding tert-OH is 1. The van der Waals surface area contributed by atoms with Crippen LogP contribution in [-0.4, -0.2) is 31.4 Å². The third-order valence-electron chi connectivity index (χ3n) is 3.42. The first-order valence-electron chi connectivity index (χ1n) is 6.97. The molecule has 0 spiro atoms. The number of phenols is 1. The van der Waals surface area contributed by atoms with Gasteiger partial charge in [0.2, 0.25) is 0 Å². The van der Waals surface area contributed by atoms with Crippen molar-refractivity contribution in [3.8, 4) is 5.75 Å². The largest absolute Gasteiger partial charge is 0.508 e. The summed E-state index contributed by atoms with van der Waals surface area (Å²) in [5, 5.41) is 18.4. The van der Waals surface area contributed by atoms with Crippen molar-refractivity contribution in [3.63, 3.8) is 0 Å². The average molecular weight is 283 g/mol. The fourth-order valence-electron chi connectivity index (χ4n) is 2.38. The molecular formula is C16H17N3O2. The summed E-state index contributed by atoms with van der Waals surface area (Å²) in [6, 6.07) is 10.9. The second-order valence-electron chi connectivity index (χ2n) is 4.95. The first kappa shape index (κ1) is 13.6. The lowest BCUT2D eigenvalue weighted by Crippen LogP contribution is -2.06. The molecule has 3 aromatic rings. The molecule has 108 valence electrons. The molecule has 0 amide bonds. The average Bonchev–Trinajstić information content (AvgIpc) is 2.85. The van der Waals surface area contributed by atoms with Crippen molar-refractivity contribution in [3.05, 3.63) is 54.0 Å². The number of pyridine rings is 1. The Kier molecular flexibility index (Phi) is 3.83. The van der Waals surface area contributed by atoms with Gasteiger partial charge in [-0.05, 0) is 36.2 Å². The fourth-order valence-corrected chi connectivity index (χ4v) is 2.38. The number of aromatic nitrogens is 3. The first-order chi connectivity index (χ1) is 10.3. The van der Waals surface area contributed by atoms with Gasteiger partial charge in [0.15, 0.2) is 5.65 Å². The van der Waals surface area contributed by atoms with Crippen molar-refractivity contribution in [2.45, 2.75) is 19.4 Å². The second-order valence-corrected chi connectivity index (χ2v) is 4.95. The molecule has 2 N–H and O–H groups in total. The summed E-state index contributed by atoms with van der Waals surface area (Å²) in [5.41, 5.74) is 2.78. The number of benzene rings is 1. The van der Waals surface area contributed by atoms with E-state index in [1.54, 1.807) is 18.3 Å². The second kappa shape index (κ2) is 5.93. The lowest BCUT2D eigenvalue weighted by atomic mass is 10.2. The third-order valence-corrected chi connectivity index (χ3v) is 3.42. The van der Waals surface area contributed by atoms with Crippen LogP contribution in [0.3, 0.4) is 0 Å². The van der Waals surface area contributed by atoms with Crippen molar-refractivity contribution in [1.29, 1.82) is 0 Å². The van der Waals surface area contributed by atoms with Crippen molar-refractivity contribution < 1.29 is 10.2 Å². The highest BCUT2D eigenvalue weighted by molar-refractivity contribution is 5.71. The predicted molar refractivity (Wildman–Crippen MR) is 80.1 cm³/mol. The van der Waals surface area contributed by atoms with Gasteiger partial charge in [0.05, 0.1) is 6.54 Å². The van der Waals surface area contributed by atoms with E-state index in [0.717, 1.165) is 22.6 Å². The smallest absolute Gasteiger partial charge is 0.160 e. The van der Waals surface area contributed by atoms with Crippen molar-refractivity contribution >= 4 is 11.2 Å². The highest BCUT2D eigenvalue weighted by Crippen LogP contribution is 2.18. The monoisotopic (exact) mass is 283 g/mol. The molecule has 21 heavy (non-hydrogen) atoms. The molecule has 0 fully saturated rings. The molecule has 2 heterocycles. The van der Waals surface area contributed by atoms with Gasteiger partial charge < -0.3 is 14.8 Å².